The molecule has 0 spiro atoms. The molecule has 0 aliphatic heterocycles. The summed E-state index contributed by atoms with van der Waals surface area (Å²) in [5.41, 5.74) is 8.55. The van der Waals surface area contributed by atoms with E-state index in [0.717, 1.165) is 25.7 Å². The minimum absolute atomic E-state index is 0.0487. The lowest BCUT2D eigenvalue weighted by molar-refractivity contribution is 0.371. The third-order valence-corrected chi connectivity index (χ3v) is 7.97. The van der Waals surface area contributed by atoms with Crippen molar-refractivity contribution in [2.75, 3.05) is 10.6 Å². The van der Waals surface area contributed by atoms with E-state index >= 15 is 0 Å². The SMILES string of the molecule is CCC(CC(CC)(CC)Nc1c(C(C)C)cccc1C(C)C)Nc1c(C(C)C)cccc1C(C)C. The van der Waals surface area contributed by atoms with Crippen LogP contribution in [0.4, 0.5) is 11.4 Å². The summed E-state index contributed by atoms with van der Waals surface area (Å²) in [6, 6.07) is 14.1. The van der Waals surface area contributed by atoms with Gasteiger partial charge in [0.1, 0.15) is 0 Å². The molecule has 196 valence electrons. The Bertz CT molecular complexity index is 866. The number of anilines is 2. The van der Waals surface area contributed by atoms with Gasteiger partial charge in [-0.05, 0) is 71.6 Å². The van der Waals surface area contributed by atoms with E-state index in [0.29, 0.717) is 29.7 Å². The Balaban J connectivity index is 2.48. The Morgan fingerprint density at radius 1 is 0.600 bits per heavy atom. The van der Waals surface area contributed by atoms with Crippen LogP contribution in [-0.4, -0.2) is 11.6 Å². The maximum Gasteiger partial charge on any atom is 0.0414 e. The predicted molar refractivity (Wildman–Crippen MR) is 158 cm³/mol. The zero-order chi connectivity index (χ0) is 26.3. The molecule has 0 aliphatic carbocycles. The van der Waals surface area contributed by atoms with Crippen LogP contribution in [0, 0.1) is 0 Å². The van der Waals surface area contributed by atoms with E-state index in [1.54, 1.807) is 0 Å². The summed E-state index contributed by atoms with van der Waals surface area (Å²) in [6.45, 7) is 25.6. The zero-order valence-corrected chi connectivity index (χ0v) is 24.7. The standard InChI is InChI=1S/C33H54N2/c1-12-26(34-31-27(22(4)5)17-15-18-28(31)23(6)7)21-33(13-2,14-3)35-32-29(24(8)9)19-16-20-30(32)25(10)11/h15-20,22-26,34-35H,12-14,21H2,1-11H3. The van der Waals surface area contributed by atoms with Gasteiger partial charge in [0.2, 0.25) is 0 Å². The first-order valence-electron chi connectivity index (χ1n) is 14.3. The van der Waals surface area contributed by atoms with Crippen molar-refractivity contribution in [2.24, 2.45) is 0 Å². The molecule has 0 aromatic heterocycles. The molecule has 2 aromatic carbocycles. The van der Waals surface area contributed by atoms with Gasteiger partial charge in [0.15, 0.2) is 0 Å². The molecule has 0 radical (unpaired) electrons. The third-order valence-electron chi connectivity index (χ3n) is 7.97. The average molecular weight is 479 g/mol. The normalized spacial score (nSPS) is 13.2. The second kappa shape index (κ2) is 12.8. The Hall–Kier alpha value is -1.96. The first kappa shape index (κ1) is 29.3. The van der Waals surface area contributed by atoms with Crippen LogP contribution in [0.25, 0.3) is 0 Å². The summed E-state index contributed by atoms with van der Waals surface area (Å²) >= 11 is 0. The fraction of sp³-hybridized carbons (Fsp3) is 0.636. The highest BCUT2D eigenvalue weighted by Crippen LogP contribution is 2.39. The van der Waals surface area contributed by atoms with E-state index in [1.807, 2.05) is 0 Å². The molecule has 0 fully saturated rings. The molecule has 0 heterocycles. The van der Waals surface area contributed by atoms with Crippen molar-refractivity contribution in [3.05, 3.63) is 58.7 Å². The summed E-state index contributed by atoms with van der Waals surface area (Å²) in [4.78, 5) is 0. The van der Waals surface area contributed by atoms with Crippen molar-refractivity contribution in [3.8, 4) is 0 Å². The lowest BCUT2D eigenvalue weighted by Crippen LogP contribution is -2.43. The van der Waals surface area contributed by atoms with Gasteiger partial charge in [-0.2, -0.15) is 0 Å². The van der Waals surface area contributed by atoms with Gasteiger partial charge in [0.25, 0.3) is 0 Å². The highest BCUT2D eigenvalue weighted by molar-refractivity contribution is 5.62. The molecule has 0 saturated carbocycles. The van der Waals surface area contributed by atoms with E-state index in [4.69, 9.17) is 0 Å². The molecule has 0 amide bonds. The van der Waals surface area contributed by atoms with Crippen LogP contribution >= 0.6 is 0 Å². The number of rotatable bonds is 13. The van der Waals surface area contributed by atoms with Crippen LogP contribution in [0.3, 0.4) is 0 Å². The maximum absolute atomic E-state index is 4.18. The summed E-state index contributed by atoms with van der Waals surface area (Å²) in [7, 11) is 0. The Morgan fingerprint density at radius 3 is 1.29 bits per heavy atom. The van der Waals surface area contributed by atoms with Crippen molar-refractivity contribution >= 4 is 11.4 Å². The van der Waals surface area contributed by atoms with E-state index in [1.165, 1.54) is 33.6 Å². The van der Waals surface area contributed by atoms with E-state index in [2.05, 4.69) is 123 Å². The van der Waals surface area contributed by atoms with Crippen LogP contribution in [-0.2, 0) is 0 Å². The highest BCUT2D eigenvalue weighted by atomic mass is 15.0. The van der Waals surface area contributed by atoms with E-state index in [-0.39, 0.29) is 5.54 Å². The van der Waals surface area contributed by atoms with Crippen LogP contribution in [0.15, 0.2) is 36.4 Å². The maximum atomic E-state index is 4.18. The summed E-state index contributed by atoms with van der Waals surface area (Å²) in [5, 5.41) is 8.25. The van der Waals surface area contributed by atoms with Crippen molar-refractivity contribution in [1.82, 2.24) is 0 Å². The van der Waals surface area contributed by atoms with Crippen molar-refractivity contribution in [1.29, 1.82) is 0 Å². The molecular formula is C33H54N2. The quantitative estimate of drug-likeness (QED) is 0.299. The van der Waals surface area contributed by atoms with Crippen molar-refractivity contribution < 1.29 is 0 Å². The number of para-hydroxylation sites is 2. The molecule has 0 bridgehead atoms. The molecule has 2 N–H and O–H groups in total. The average Bonchev–Trinajstić information content (AvgIpc) is 2.82. The van der Waals surface area contributed by atoms with Gasteiger partial charge in [-0.1, -0.05) is 113 Å². The smallest absolute Gasteiger partial charge is 0.0414 e. The summed E-state index contributed by atoms with van der Waals surface area (Å²) in [6.07, 6.45) is 4.42. The second-order valence-electron chi connectivity index (χ2n) is 11.8. The summed E-state index contributed by atoms with van der Waals surface area (Å²) in [5.74, 6) is 1.99. The first-order chi connectivity index (χ1) is 16.5. The number of benzene rings is 2. The minimum atomic E-state index is 0.0487. The lowest BCUT2D eigenvalue weighted by atomic mass is 9.82. The lowest BCUT2D eigenvalue weighted by Gasteiger charge is -2.40. The summed E-state index contributed by atoms with van der Waals surface area (Å²) < 4.78 is 0. The molecule has 35 heavy (non-hydrogen) atoms. The third kappa shape index (κ3) is 7.05. The topological polar surface area (TPSA) is 24.1 Å². The molecule has 0 saturated heterocycles. The molecule has 2 aromatic rings. The second-order valence-corrected chi connectivity index (χ2v) is 11.8. The highest BCUT2D eigenvalue weighted by Gasteiger charge is 2.32. The zero-order valence-electron chi connectivity index (χ0n) is 24.7. The molecule has 2 nitrogen and oxygen atoms in total. The predicted octanol–water partition coefficient (Wildman–Crippen LogP) is 10.4. The van der Waals surface area contributed by atoms with Gasteiger partial charge in [-0.3, -0.25) is 0 Å². The monoisotopic (exact) mass is 478 g/mol. The van der Waals surface area contributed by atoms with Gasteiger partial charge < -0.3 is 10.6 Å². The molecule has 0 aliphatic rings. The van der Waals surface area contributed by atoms with E-state index in [9.17, 15) is 0 Å². The molecular weight excluding hydrogens is 424 g/mol. The number of hydrogen-bond donors (Lipinski definition) is 2. The van der Waals surface area contributed by atoms with Gasteiger partial charge in [-0.15, -0.1) is 0 Å². The van der Waals surface area contributed by atoms with Gasteiger partial charge in [-0.25, -0.2) is 0 Å². The number of nitrogens with one attached hydrogen (secondary N) is 2. The Labute approximate surface area is 217 Å². The van der Waals surface area contributed by atoms with Gasteiger partial charge in [0.05, 0.1) is 0 Å². The molecule has 1 atom stereocenters. The van der Waals surface area contributed by atoms with Crippen LogP contribution in [0.5, 0.6) is 0 Å². The van der Waals surface area contributed by atoms with Crippen LogP contribution in [0.1, 0.15) is 148 Å². The van der Waals surface area contributed by atoms with Crippen molar-refractivity contribution in [3.63, 3.8) is 0 Å². The van der Waals surface area contributed by atoms with Gasteiger partial charge in [0, 0.05) is 23.0 Å². The molecule has 2 rings (SSSR count). The Kier molecular flexibility index (Phi) is 10.7. The first-order valence-corrected chi connectivity index (χ1v) is 14.3. The van der Waals surface area contributed by atoms with Crippen molar-refractivity contribution in [2.45, 2.75) is 137 Å². The largest absolute Gasteiger partial charge is 0.382 e. The minimum Gasteiger partial charge on any atom is -0.382 e. The fourth-order valence-electron chi connectivity index (χ4n) is 5.42. The van der Waals surface area contributed by atoms with Crippen LogP contribution < -0.4 is 10.6 Å². The number of hydrogen-bond acceptors (Lipinski definition) is 2. The fourth-order valence-corrected chi connectivity index (χ4v) is 5.42. The molecule has 2 heteroatoms. The Morgan fingerprint density at radius 2 is 0.971 bits per heavy atom. The van der Waals surface area contributed by atoms with Gasteiger partial charge >= 0.3 is 0 Å². The molecule has 1 unspecified atom stereocenters. The van der Waals surface area contributed by atoms with Crippen LogP contribution in [0.2, 0.25) is 0 Å². The van der Waals surface area contributed by atoms with E-state index < -0.39 is 0 Å².